The van der Waals surface area contributed by atoms with Crippen molar-refractivity contribution in [1.82, 2.24) is 4.31 Å². The van der Waals surface area contributed by atoms with Crippen molar-refractivity contribution >= 4 is 15.9 Å². The van der Waals surface area contributed by atoms with E-state index in [1.807, 2.05) is 0 Å². The van der Waals surface area contributed by atoms with Crippen LogP contribution < -0.4 is 0 Å². The number of benzene rings is 1. The van der Waals surface area contributed by atoms with Gasteiger partial charge >= 0.3 is 0 Å². The van der Waals surface area contributed by atoms with Crippen LogP contribution in [0, 0.1) is 11.7 Å². The Morgan fingerprint density at radius 3 is 2.70 bits per heavy atom. The van der Waals surface area contributed by atoms with Crippen molar-refractivity contribution in [3.05, 3.63) is 35.6 Å². The molecule has 0 saturated carbocycles. The standard InChI is InChI=1S/C14H18FNO3S/c1-11(7-8-12-5-2-3-6-13(12)15)14(17)16-9-4-10-20(16,18)19/h2-3,5-6,11H,4,7-10H2,1H3/t11-/m0/s1. The van der Waals surface area contributed by atoms with Crippen molar-refractivity contribution in [1.29, 1.82) is 0 Å². The van der Waals surface area contributed by atoms with E-state index < -0.39 is 15.9 Å². The third-order valence-electron chi connectivity index (χ3n) is 3.57. The zero-order chi connectivity index (χ0) is 14.8. The summed E-state index contributed by atoms with van der Waals surface area (Å²) in [5.74, 6) is -1.05. The van der Waals surface area contributed by atoms with Gasteiger partial charge in [-0.3, -0.25) is 4.79 Å². The summed E-state index contributed by atoms with van der Waals surface area (Å²) in [6.45, 7) is 1.96. The highest BCUT2D eigenvalue weighted by atomic mass is 32.2. The van der Waals surface area contributed by atoms with Crippen LogP contribution in [-0.2, 0) is 21.2 Å². The third-order valence-corrected chi connectivity index (χ3v) is 5.41. The molecule has 1 atom stereocenters. The summed E-state index contributed by atoms with van der Waals surface area (Å²) in [7, 11) is -3.41. The predicted molar refractivity (Wildman–Crippen MR) is 74.0 cm³/mol. The zero-order valence-electron chi connectivity index (χ0n) is 11.4. The Balaban J connectivity index is 1.97. The second kappa shape index (κ2) is 5.91. The molecule has 1 fully saturated rings. The summed E-state index contributed by atoms with van der Waals surface area (Å²) in [4.78, 5) is 12.1. The molecule has 110 valence electrons. The lowest BCUT2D eigenvalue weighted by Crippen LogP contribution is -2.36. The van der Waals surface area contributed by atoms with E-state index in [0.29, 0.717) is 24.8 Å². The maximum absolute atomic E-state index is 13.5. The minimum Gasteiger partial charge on any atom is -0.274 e. The molecule has 0 spiro atoms. The van der Waals surface area contributed by atoms with Crippen LogP contribution >= 0.6 is 0 Å². The Labute approximate surface area is 118 Å². The number of rotatable bonds is 4. The van der Waals surface area contributed by atoms with Gasteiger partial charge in [0.1, 0.15) is 5.82 Å². The molecule has 1 aliphatic rings. The predicted octanol–water partition coefficient (Wildman–Crippen LogP) is 1.96. The normalized spacial score (nSPS) is 19.0. The number of sulfonamides is 1. The maximum Gasteiger partial charge on any atom is 0.238 e. The minimum atomic E-state index is -3.41. The van der Waals surface area contributed by atoms with E-state index in [-0.39, 0.29) is 24.0 Å². The molecule has 1 aliphatic heterocycles. The fourth-order valence-corrected chi connectivity index (χ4v) is 3.91. The first-order chi connectivity index (χ1) is 9.42. The molecule has 1 aromatic rings. The van der Waals surface area contributed by atoms with Gasteiger partial charge in [-0.25, -0.2) is 17.1 Å². The molecule has 1 aromatic carbocycles. The molecule has 4 nitrogen and oxygen atoms in total. The Morgan fingerprint density at radius 2 is 2.10 bits per heavy atom. The van der Waals surface area contributed by atoms with E-state index in [1.165, 1.54) is 6.07 Å². The quantitative estimate of drug-likeness (QED) is 0.854. The number of carbonyl (C=O) groups excluding carboxylic acids is 1. The molecule has 0 N–H and O–H groups in total. The van der Waals surface area contributed by atoms with Crippen LogP contribution in [0.5, 0.6) is 0 Å². The van der Waals surface area contributed by atoms with E-state index in [0.717, 1.165) is 4.31 Å². The second-order valence-corrected chi connectivity index (χ2v) is 7.12. The summed E-state index contributed by atoms with van der Waals surface area (Å²) in [5, 5.41) is 0. The van der Waals surface area contributed by atoms with Gasteiger partial charge in [-0.05, 0) is 30.9 Å². The van der Waals surface area contributed by atoms with Gasteiger partial charge in [0.15, 0.2) is 0 Å². The van der Waals surface area contributed by atoms with E-state index >= 15 is 0 Å². The first-order valence-electron chi connectivity index (χ1n) is 6.69. The van der Waals surface area contributed by atoms with Crippen LogP contribution in [0.4, 0.5) is 4.39 Å². The summed E-state index contributed by atoms with van der Waals surface area (Å²) < 4.78 is 37.8. The number of hydrogen-bond donors (Lipinski definition) is 0. The SMILES string of the molecule is C[C@@H](CCc1ccccc1F)C(=O)N1CCCS1(=O)=O. The Morgan fingerprint density at radius 1 is 1.40 bits per heavy atom. The second-order valence-electron chi connectivity index (χ2n) is 5.11. The zero-order valence-corrected chi connectivity index (χ0v) is 12.2. The van der Waals surface area contributed by atoms with Gasteiger partial charge in [-0.15, -0.1) is 0 Å². The van der Waals surface area contributed by atoms with Crippen LogP contribution in [0.3, 0.4) is 0 Å². The summed E-state index contributed by atoms with van der Waals surface area (Å²) in [5.41, 5.74) is 0.552. The molecule has 6 heteroatoms. The summed E-state index contributed by atoms with van der Waals surface area (Å²) >= 11 is 0. The Hall–Kier alpha value is -1.43. The van der Waals surface area contributed by atoms with E-state index in [1.54, 1.807) is 25.1 Å². The highest BCUT2D eigenvalue weighted by Gasteiger charge is 2.34. The van der Waals surface area contributed by atoms with Crippen molar-refractivity contribution in [2.45, 2.75) is 26.2 Å². The molecule has 20 heavy (non-hydrogen) atoms. The lowest BCUT2D eigenvalue weighted by atomic mass is 10.00. The first kappa shape index (κ1) is 15.0. The van der Waals surface area contributed by atoms with Crippen molar-refractivity contribution < 1.29 is 17.6 Å². The molecule has 0 unspecified atom stereocenters. The fourth-order valence-electron chi connectivity index (χ4n) is 2.33. The molecule has 1 heterocycles. The maximum atomic E-state index is 13.5. The van der Waals surface area contributed by atoms with Crippen molar-refractivity contribution in [3.63, 3.8) is 0 Å². The molecular formula is C14H18FNO3S. The van der Waals surface area contributed by atoms with Crippen molar-refractivity contribution in [2.24, 2.45) is 5.92 Å². The molecule has 0 bridgehead atoms. The number of hydrogen-bond acceptors (Lipinski definition) is 3. The highest BCUT2D eigenvalue weighted by molar-refractivity contribution is 7.89. The molecule has 0 aromatic heterocycles. The number of nitrogens with zero attached hydrogens (tertiary/aromatic N) is 1. The first-order valence-corrected chi connectivity index (χ1v) is 8.30. The largest absolute Gasteiger partial charge is 0.274 e. The van der Waals surface area contributed by atoms with Gasteiger partial charge in [0.25, 0.3) is 0 Å². The highest BCUT2D eigenvalue weighted by Crippen LogP contribution is 2.20. The average Bonchev–Trinajstić information content (AvgIpc) is 2.76. The van der Waals surface area contributed by atoms with Crippen LogP contribution in [0.15, 0.2) is 24.3 Å². The Kier molecular flexibility index (Phi) is 4.42. The number of halogens is 1. The number of carbonyl (C=O) groups is 1. The molecule has 1 saturated heterocycles. The monoisotopic (exact) mass is 299 g/mol. The third kappa shape index (κ3) is 3.17. The average molecular weight is 299 g/mol. The minimum absolute atomic E-state index is 0.0404. The smallest absolute Gasteiger partial charge is 0.238 e. The topological polar surface area (TPSA) is 54.5 Å². The van der Waals surface area contributed by atoms with Crippen LogP contribution in [-0.4, -0.2) is 30.9 Å². The van der Waals surface area contributed by atoms with Crippen molar-refractivity contribution in [2.75, 3.05) is 12.3 Å². The van der Waals surface area contributed by atoms with Crippen LogP contribution in [0.25, 0.3) is 0 Å². The van der Waals surface area contributed by atoms with Crippen molar-refractivity contribution in [3.8, 4) is 0 Å². The number of amides is 1. The van der Waals surface area contributed by atoms with Gasteiger partial charge in [0.2, 0.25) is 15.9 Å². The fraction of sp³-hybridized carbons (Fsp3) is 0.500. The molecule has 2 rings (SSSR count). The van der Waals surface area contributed by atoms with Crippen LogP contribution in [0.2, 0.25) is 0 Å². The van der Waals surface area contributed by atoms with Gasteiger partial charge in [-0.1, -0.05) is 25.1 Å². The summed E-state index contributed by atoms with van der Waals surface area (Å²) in [6, 6.07) is 6.42. The number of aryl methyl sites for hydroxylation is 1. The van der Waals surface area contributed by atoms with Gasteiger partial charge in [-0.2, -0.15) is 0 Å². The molecule has 0 aliphatic carbocycles. The lowest BCUT2D eigenvalue weighted by molar-refractivity contribution is -0.130. The van der Waals surface area contributed by atoms with Crippen LogP contribution in [0.1, 0.15) is 25.3 Å². The molecular weight excluding hydrogens is 281 g/mol. The lowest BCUT2D eigenvalue weighted by Gasteiger charge is -2.19. The van der Waals surface area contributed by atoms with Gasteiger partial charge in [0, 0.05) is 12.5 Å². The van der Waals surface area contributed by atoms with E-state index in [4.69, 9.17) is 0 Å². The Bertz CT molecular complexity index is 600. The molecule has 0 radical (unpaired) electrons. The van der Waals surface area contributed by atoms with Gasteiger partial charge < -0.3 is 0 Å². The van der Waals surface area contributed by atoms with E-state index in [9.17, 15) is 17.6 Å². The summed E-state index contributed by atoms with van der Waals surface area (Å²) in [6.07, 6.45) is 1.35. The van der Waals surface area contributed by atoms with Gasteiger partial charge in [0.05, 0.1) is 5.75 Å². The molecule has 1 amide bonds. The van der Waals surface area contributed by atoms with E-state index in [2.05, 4.69) is 0 Å².